The molecule has 0 radical (unpaired) electrons. The second-order valence-corrected chi connectivity index (χ2v) is 7.66. The van der Waals surface area contributed by atoms with Crippen LogP contribution in [0.1, 0.15) is 36.1 Å². The van der Waals surface area contributed by atoms with E-state index in [2.05, 4.69) is 31.3 Å². The van der Waals surface area contributed by atoms with Crippen molar-refractivity contribution >= 4 is 7.25 Å². The van der Waals surface area contributed by atoms with Crippen LogP contribution in [0, 0.1) is 0 Å². The van der Waals surface area contributed by atoms with Crippen molar-refractivity contribution in [2.45, 2.75) is 31.0 Å². The molecule has 3 nitrogen and oxygen atoms in total. The Labute approximate surface area is 175 Å². The zero-order valence-electron chi connectivity index (χ0n) is 16.9. The maximum Gasteiger partial charge on any atom is 0.673 e. The standard InChI is InChI=1S/C22H28NO2.BF4/c1-23(21(17-24)18-10-4-2-5-11-18)15-9-8-14-20(23)16-22(25)19-12-6-3-7-13-19;2-1(3,4)5/h2-13,20-22,24-25H,14-17H2,1H3;/q+1;-1/t20?,21?,22-,23?;/m0./s1. The van der Waals surface area contributed by atoms with Crippen LogP contribution in [0.15, 0.2) is 72.8 Å². The van der Waals surface area contributed by atoms with Gasteiger partial charge in [0.15, 0.2) is 0 Å². The number of aliphatic hydroxyl groups is 2. The maximum absolute atomic E-state index is 10.7. The molecular formula is C22H28BF4NO2. The normalized spacial score (nSPS) is 23.2. The van der Waals surface area contributed by atoms with Gasteiger partial charge in [-0.3, -0.25) is 0 Å². The Morgan fingerprint density at radius 3 is 1.93 bits per heavy atom. The molecule has 0 amide bonds. The van der Waals surface area contributed by atoms with Gasteiger partial charge >= 0.3 is 7.25 Å². The Morgan fingerprint density at radius 1 is 0.933 bits per heavy atom. The fourth-order valence-electron chi connectivity index (χ4n) is 4.04. The number of likely N-dealkylation sites (N-methyl/N-ethyl adjacent to an activating group) is 1. The van der Waals surface area contributed by atoms with E-state index in [1.54, 1.807) is 0 Å². The fraction of sp³-hybridized carbons (Fsp3) is 0.364. The minimum Gasteiger partial charge on any atom is -0.418 e. The van der Waals surface area contributed by atoms with Crippen molar-refractivity contribution in [3.05, 3.63) is 83.9 Å². The average Bonchev–Trinajstić information content (AvgIpc) is 2.70. The van der Waals surface area contributed by atoms with Gasteiger partial charge in [-0.1, -0.05) is 66.7 Å². The number of quaternary nitrogens is 1. The summed E-state index contributed by atoms with van der Waals surface area (Å²) in [5.74, 6) is 0. The number of halogens is 4. The van der Waals surface area contributed by atoms with Gasteiger partial charge in [-0.25, -0.2) is 0 Å². The van der Waals surface area contributed by atoms with Crippen LogP contribution >= 0.6 is 0 Å². The van der Waals surface area contributed by atoms with E-state index in [-0.39, 0.29) is 18.7 Å². The van der Waals surface area contributed by atoms with Crippen LogP contribution in [0.5, 0.6) is 0 Å². The lowest BCUT2D eigenvalue weighted by Crippen LogP contribution is -2.57. The molecule has 1 aliphatic rings. The van der Waals surface area contributed by atoms with Crippen molar-refractivity contribution in [1.82, 2.24) is 0 Å². The smallest absolute Gasteiger partial charge is 0.418 e. The Bertz CT molecular complexity index is 783. The molecule has 4 atom stereocenters. The number of hydrogen-bond acceptors (Lipinski definition) is 2. The first kappa shape index (κ1) is 24.1. The molecule has 3 rings (SSSR count). The highest BCUT2D eigenvalue weighted by Crippen LogP contribution is 2.37. The van der Waals surface area contributed by atoms with Gasteiger partial charge in [-0.05, 0) is 11.6 Å². The number of hydrogen-bond donors (Lipinski definition) is 2. The number of rotatable bonds is 6. The molecule has 0 spiro atoms. The molecule has 1 heterocycles. The molecule has 164 valence electrons. The Hall–Kier alpha value is -2.16. The Balaban J connectivity index is 0.000000575. The number of nitrogens with zero attached hydrogens (tertiary/aromatic N) is 1. The molecule has 0 fully saturated rings. The molecule has 8 heteroatoms. The number of aliphatic hydroxyl groups excluding tert-OH is 2. The molecule has 30 heavy (non-hydrogen) atoms. The minimum atomic E-state index is -6.00. The van der Waals surface area contributed by atoms with E-state index >= 15 is 0 Å². The molecule has 2 aromatic rings. The summed E-state index contributed by atoms with van der Waals surface area (Å²) >= 11 is 0. The van der Waals surface area contributed by atoms with Gasteiger partial charge in [0.25, 0.3) is 0 Å². The molecule has 1 aliphatic heterocycles. The molecule has 2 N–H and O–H groups in total. The summed E-state index contributed by atoms with van der Waals surface area (Å²) in [5.41, 5.74) is 2.12. The van der Waals surface area contributed by atoms with Gasteiger partial charge in [0.2, 0.25) is 0 Å². The van der Waals surface area contributed by atoms with E-state index in [4.69, 9.17) is 0 Å². The van der Waals surface area contributed by atoms with Crippen LogP contribution in [0.25, 0.3) is 0 Å². The molecule has 0 saturated carbocycles. The van der Waals surface area contributed by atoms with Crippen molar-refractivity contribution in [1.29, 1.82) is 0 Å². The summed E-state index contributed by atoms with van der Waals surface area (Å²) < 4.78 is 39.7. The first-order valence-electron chi connectivity index (χ1n) is 9.91. The molecule has 3 unspecified atom stereocenters. The fourth-order valence-corrected chi connectivity index (χ4v) is 4.04. The highest BCUT2D eigenvalue weighted by atomic mass is 19.5. The lowest BCUT2D eigenvalue weighted by atomic mass is 9.91. The van der Waals surface area contributed by atoms with E-state index in [9.17, 15) is 27.5 Å². The van der Waals surface area contributed by atoms with E-state index in [1.165, 1.54) is 0 Å². The average molecular weight is 425 g/mol. The molecule has 0 bridgehead atoms. The zero-order chi connectivity index (χ0) is 22.2. The van der Waals surface area contributed by atoms with E-state index < -0.39 is 13.4 Å². The van der Waals surface area contributed by atoms with Crippen LogP contribution < -0.4 is 0 Å². The Kier molecular flexibility index (Phi) is 8.64. The summed E-state index contributed by atoms with van der Waals surface area (Å²) in [7, 11) is -3.79. The second kappa shape index (κ2) is 10.7. The van der Waals surface area contributed by atoms with Gasteiger partial charge in [0, 0.05) is 18.4 Å². The van der Waals surface area contributed by atoms with Crippen molar-refractivity contribution in [3.63, 3.8) is 0 Å². The third-order valence-corrected chi connectivity index (χ3v) is 5.66. The SMILES string of the molecule is C[N+]1(C(CO)c2ccccc2)CC=CCC1C[C@H](O)c1ccccc1.F[B-](F)(F)F. The summed E-state index contributed by atoms with van der Waals surface area (Å²) in [6.07, 6.45) is 5.54. The van der Waals surface area contributed by atoms with Gasteiger partial charge in [-0.15, -0.1) is 0 Å². The second-order valence-electron chi connectivity index (χ2n) is 7.66. The van der Waals surface area contributed by atoms with E-state index in [0.29, 0.717) is 6.42 Å². The monoisotopic (exact) mass is 425 g/mol. The van der Waals surface area contributed by atoms with Crippen LogP contribution in [0.2, 0.25) is 0 Å². The number of benzene rings is 2. The topological polar surface area (TPSA) is 40.5 Å². The molecule has 0 aliphatic carbocycles. The molecule has 0 saturated heterocycles. The summed E-state index contributed by atoms with van der Waals surface area (Å²) in [6, 6.07) is 20.4. The summed E-state index contributed by atoms with van der Waals surface area (Å²) in [4.78, 5) is 0. The van der Waals surface area contributed by atoms with E-state index in [1.807, 2.05) is 48.5 Å². The lowest BCUT2D eigenvalue weighted by Gasteiger charge is -2.48. The first-order valence-corrected chi connectivity index (χ1v) is 9.91. The van der Waals surface area contributed by atoms with E-state index in [0.717, 1.165) is 28.6 Å². The molecular weight excluding hydrogens is 397 g/mol. The van der Waals surface area contributed by atoms with Crippen LogP contribution in [-0.2, 0) is 0 Å². The van der Waals surface area contributed by atoms with Crippen LogP contribution in [0.3, 0.4) is 0 Å². The quantitative estimate of drug-likeness (QED) is 0.299. The predicted octanol–water partition coefficient (Wildman–Crippen LogP) is 4.92. The van der Waals surface area contributed by atoms with Gasteiger partial charge in [0.05, 0.1) is 32.3 Å². The molecule has 0 aromatic heterocycles. The van der Waals surface area contributed by atoms with Crippen LogP contribution in [-0.4, -0.2) is 48.2 Å². The van der Waals surface area contributed by atoms with Crippen molar-refractivity contribution in [2.24, 2.45) is 0 Å². The Morgan fingerprint density at radius 2 is 1.43 bits per heavy atom. The third kappa shape index (κ3) is 6.97. The minimum absolute atomic E-state index is 0.0131. The zero-order valence-corrected chi connectivity index (χ0v) is 16.9. The van der Waals surface area contributed by atoms with Crippen LogP contribution in [0.4, 0.5) is 17.3 Å². The molecule has 2 aromatic carbocycles. The third-order valence-electron chi connectivity index (χ3n) is 5.66. The van der Waals surface area contributed by atoms with Crippen molar-refractivity contribution in [2.75, 3.05) is 20.2 Å². The summed E-state index contributed by atoms with van der Waals surface area (Å²) in [6.45, 7) is 0.971. The predicted molar refractivity (Wildman–Crippen MR) is 111 cm³/mol. The highest BCUT2D eigenvalue weighted by molar-refractivity contribution is 6.50. The highest BCUT2D eigenvalue weighted by Gasteiger charge is 2.41. The van der Waals surface area contributed by atoms with Gasteiger partial charge in [-0.2, -0.15) is 0 Å². The van der Waals surface area contributed by atoms with Crippen molar-refractivity contribution < 1.29 is 32.0 Å². The maximum atomic E-state index is 10.7. The van der Waals surface area contributed by atoms with Crippen molar-refractivity contribution in [3.8, 4) is 0 Å². The van der Waals surface area contributed by atoms with Gasteiger partial charge in [0.1, 0.15) is 6.04 Å². The first-order chi connectivity index (χ1) is 14.1. The summed E-state index contributed by atoms with van der Waals surface area (Å²) in [5, 5.41) is 20.9. The lowest BCUT2D eigenvalue weighted by molar-refractivity contribution is -0.959. The van der Waals surface area contributed by atoms with Gasteiger partial charge < -0.3 is 32.0 Å². The largest absolute Gasteiger partial charge is 0.673 e.